The Balaban J connectivity index is -0.0000000521. The Bertz CT molecular complexity index is 1890. The summed E-state index contributed by atoms with van der Waals surface area (Å²) in [6.45, 7) is 73.8. The van der Waals surface area contributed by atoms with Crippen LogP contribution in [0.4, 0.5) is 0 Å². The second-order valence-corrected chi connectivity index (χ2v) is 13.9. The van der Waals surface area contributed by atoms with Gasteiger partial charge in [-0.15, -0.1) is 34.6 Å². The van der Waals surface area contributed by atoms with E-state index in [-0.39, 0.29) is 24.0 Å². The number of hydrogen-bond acceptors (Lipinski definition) is 13. The fraction of sp³-hybridized carbons (Fsp3) is 0.341. The number of nitriles is 1. The molecule has 0 aliphatic rings. The van der Waals surface area contributed by atoms with Crippen LogP contribution in [-0.2, 0) is 154 Å². The third-order valence-corrected chi connectivity index (χ3v) is 6.60. The molecule has 0 atom stereocenters. The zero-order chi connectivity index (χ0) is 62.1. The van der Waals surface area contributed by atoms with E-state index in [4.69, 9.17) is 106 Å². The second kappa shape index (κ2) is 84.7. The summed E-state index contributed by atoms with van der Waals surface area (Å²) >= 11 is 34.9. The van der Waals surface area contributed by atoms with E-state index >= 15 is 0 Å². The molecule has 30 heteroatoms. The molecule has 2 heterocycles. The van der Waals surface area contributed by atoms with Crippen molar-refractivity contribution in [2.24, 2.45) is 10.8 Å². The number of nitro groups is 2. The molecule has 0 saturated heterocycles. The Hall–Kier alpha value is 0.364. The maximum absolute atomic E-state index is 9.68. The van der Waals surface area contributed by atoms with Gasteiger partial charge in [-0.05, 0) is 60.6 Å². The standard InChI is InChI=1S/C7H6N4S.C6H5NS.C6H15N.C5H5N3.2C5H5NO2.C5H7N.C3H8.C2H3ClS.5V.5W.H2/c12-7(10-3-1-8-5-10)11-4-2-9-6-11;1-5(2)6(3)8-4-7;1-4-7(5-2)6-3;1-4(2)5(3)7-8-6;2*1-4(2)5(3)6(7)8;1-4(2)5(3)6;1-3-2;1-2(3)4;;;;;;;;;;;/h1-6H;1,3H,2H3;4-6H2,1-3H3;3*1,3H,2H3;1,3H,6H2,2H3;3H2,1-2H3;1H3;;;;;;;;;;;1H/q;-2;;4*-2;;;;;;;;;;;;;. The molecule has 2 N–H and O–H groups in total. The normalized spacial score (nSPS) is 7.34. The first-order valence-corrected chi connectivity index (χ1v) is 50.9. The van der Waals surface area contributed by atoms with Gasteiger partial charge in [0.2, 0.25) is 0 Å². The molecule has 74 heavy (non-hydrogen) atoms. The second-order valence-electron chi connectivity index (χ2n) is 11.3. The molecule has 0 amide bonds. The SMILES string of the molecule is CC(=S)Cl.CCC.CCN(CC)CC.S=C(n1ccnc1)n1ccnc1.[CH-]=C(C)C(=[CH-])N.[CH-]=C(C)C(=[CH-])N=[N+]=[N-].[CH-]=C(C)C(=[CH-])SC#N.[CH-]=C(C)C(=[CH-])[N+](=O)[O-].[CH-]=C(C)C(=[CH-])[N+](=O)[O-].[HH].[V]=[W].[V]=[W].[V]=[W].[V]=[W].[V]=[W]. The molecule has 0 aliphatic heterocycles. The van der Waals surface area contributed by atoms with Gasteiger partial charge in [0.15, 0.2) is 5.11 Å². The molecule has 0 spiro atoms. The number of nitrogens with zero attached hydrogens (tertiary/aromatic N) is 11. The van der Waals surface area contributed by atoms with Crippen LogP contribution in [0.15, 0.2) is 98.1 Å². The van der Waals surface area contributed by atoms with E-state index in [1.54, 1.807) is 79.7 Å². The summed E-state index contributed by atoms with van der Waals surface area (Å²) in [7, 11) is 0. The minimum absolute atomic E-state index is 0. The van der Waals surface area contributed by atoms with Gasteiger partial charge in [-0.25, -0.2) is 9.97 Å². The van der Waals surface area contributed by atoms with Gasteiger partial charge in [0.25, 0.3) is 0 Å². The van der Waals surface area contributed by atoms with Crippen LogP contribution in [0.2, 0.25) is 0 Å². The van der Waals surface area contributed by atoms with Crippen molar-refractivity contribution >= 4 is 57.2 Å². The van der Waals surface area contributed by atoms with Crippen molar-refractivity contribution in [1.82, 2.24) is 24.0 Å². The number of rotatable bonds is 12. The van der Waals surface area contributed by atoms with Gasteiger partial charge in [-0.1, -0.05) is 74.7 Å². The van der Waals surface area contributed by atoms with Crippen LogP contribution in [0, 0.1) is 96.7 Å². The first kappa shape index (κ1) is 103. The molecule has 0 unspecified atom stereocenters. The average molecular weight is 2130 g/mol. The monoisotopic (exact) mass is 2130 g/mol. The fourth-order valence-corrected chi connectivity index (χ4v) is 2.57. The number of imidazole rings is 2. The summed E-state index contributed by atoms with van der Waals surface area (Å²) < 4.78 is 3.97. The molecule has 2 aromatic heterocycles. The molecule has 0 radical (unpaired) electrons. The van der Waals surface area contributed by atoms with Crippen molar-refractivity contribution in [1.29, 1.82) is 5.26 Å². The molecule has 411 valence electrons. The van der Waals surface area contributed by atoms with E-state index in [2.05, 4.69) is 142 Å². The summed E-state index contributed by atoms with van der Waals surface area (Å²) in [5, 5.41) is 32.9. The predicted octanol–water partition coefficient (Wildman–Crippen LogP) is 11.8. The fourth-order valence-electron chi connectivity index (χ4n) is 2.09. The first-order valence-electron chi connectivity index (χ1n) is 19.0. The van der Waals surface area contributed by atoms with Gasteiger partial charge in [0.05, 0.1) is 4.32 Å². The zero-order valence-electron chi connectivity index (χ0n) is 42.6. The van der Waals surface area contributed by atoms with Crippen LogP contribution in [0.25, 0.3) is 10.4 Å². The van der Waals surface area contributed by atoms with Crippen molar-refractivity contribution < 1.29 is 166 Å². The molecular formula is C44H61ClN12O4S3V5W5-10. The van der Waals surface area contributed by atoms with E-state index in [0.717, 1.165) is 11.8 Å². The molecule has 2 rings (SSSR count). The van der Waals surface area contributed by atoms with Crippen molar-refractivity contribution in [3.63, 3.8) is 0 Å². The van der Waals surface area contributed by atoms with Crippen LogP contribution in [-0.4, -0.2) is 62.9 Å². The van der Waals surface area contributed by atoms with Crippen LogP contribution in [0.3, 0.4) is 0 Å². The molecule has 0 saturated carbocycles. The Kier molecular flexibility index (Phi) is 118. The number of allylic oxidation sites excluding steroid dienone is 5. The number of aromatic nitrogens is 4. The van der Waals surface area contributed by atoms with Crippen molar-refractivity contribution in [3.05, 3.63) is 189 Å². The number of thioether (sulfide) groups is 1. The van der Waals surface area contributed by atoms with Crippen molar-refractivity contribution in [2.75, 3.05) is 19.6 Å². The third-order valence-electron chi connectivity index (χ3n) is 5.55. The minimum atomic E-state index is -0.727. The molecular weight excluding hydrogens is 2070 g/mol. The summed E-state index contributed by atoms with van der Waals surface area (Å²) in [6.07, 6.45) is 11.5. The summed E-state index contributed by atoms with van der Waals surface area (Å²) in [5.41, 5.74) is 13.4. The number of azide groups is 1. The van der Waals surface area contributed by atoms with Gasteiger partial charge in [0.1, 0.15) is 18.1 Å². The number of nitrogens with two attached hydrogens (primary N) is 1. The van der Waals surface area contributed by atoms with Gasteiger partial charge in [0, 0.05) is 26.2 Å². The molecule has 16 nitrogen and oxygen atoms in total. The summed E-state index contributed by atoms with van der Waals surface area (Å²) in [6, 6.07) is 0. The van der Waals surface area contributed by atoms with Gasteiger partial charge in [-0.2, -0.15) is 22.1 Å². The molecule has 0 aromatic carbocycles. The third kappa shape index (κ3) is 94.8. The Morgan fingerprint density at radius 3 is 1.08 bits per heavy atom. The van der Waals surface area contributed by atoms with Crippen molar-refractivity contribution in [2.45, 2.75) is 82.6 Å². The van der Waals surface area contributed by atoms with Gasteiger partial charge < -0.3 is 109 Å². The van der Waals surface area contributed by atoms with Crippen LogP contribution >= 0.6 is 47.8 Å². The molecule has 0 aliphatic carbocycles. The van der Waals surface area contributed by atoms with Gasteiger partial charge >= 0.3 is 154 Å². The Morgan fingerprint density at radius 1 is 0.730 bits per heavy atom. The molecule has 0 bridgehead atoms. The van der Waals surface area contributed by atoms with Gasteiger partial charge in [-0.3, -0.25) is 40.8 Å². The summed E-state index contributed by atoms with van der Waals surface area (Å²) in [5.74, 6) is 0. The Labute approximate surface area is 552 Å². The predicted molar refractivity (Wildman–Crippen MR) is 271 cm³/mol. The van der Waals surface area contributed by atoms with Crippen LogP contribution in [0.5, 0.6) is 0 Å². The first-order chi connectivity index (χ1) is 34.5. The summed E-state index contributed by atoms with van der Waals surface area (Å²) in [4.78, 5) is 30.9. The Morgan fingerprint density at radius 2 is 1.00 bits per heavy atom. The van der Waals surface area contributed by atoms with E-state index in [1.165, 1.54) is 124 Å². The molecule has 2 aromatic rings. The van der Waals surface area contributed by atoms with E-state index < -0.39 is 21.2 Å². The molecule has 0 fully saturated rings. The topological polar surface area (TPSA) is 224 Å². The number of halogens is 1. The van der Waals surface area contributed by atoms with Crippen LogP contribution in [0.1, 0.15) is 84.0 Å². The maximum atomic E-state index is 9.68. The zero-order valence-corrected chi connectivity index (χ0v) is 67.4. The average Bonchev–Trinajstić information content (AvgIpc) is 4.13. The number of thiocyanates is 1. The quantitative estimate of drug-likeness (QED) is 0.0200. The van der Waals surface area contributed by atoms with Crippen LogP contribution < -0.4 is 5.73 Å². The number of thiocarbonyl (C=S) groups is 2. The van der Waals surface area contributed by atoms with Crippen molar-refractivity contribution in [3.8, 4) is 5.40 Å². The van der Waals surface area contributed by atoms with E-state index in [1.807, 2.05) is 0 Å². The number of hydrogen-bond donors (Lipinski definition) is 1. The van der Waals surface area contributed by atoms with E-state index in [9.17, 15) is 20.2 Å². The van der Waals surface area contributed by atoms with E-state index in [0.29, 0.717) is 31.1 Å².